The van der Waals surface area contributed by atoms with Crippen molar-refractivity contribution in [3.63, 3.8) is 0 Å². The van der Waals surface area contributed by atoms with Gasteiger partial charge in [-0.25, -0.2) is 0 Å². The number of aryl methyl sites for hydroxylation is 1. The zero-order valence-electron chi connectivity index (χ0n) is 12.4. The Bertz CT molecular complexity index is 707. The van der Waals surface area contributed by atoms with E-state index in [1.165, 1.54) is 0 Å². The normalized spacial score (nSPS) is 16.1. The minimum atomic E-state index is -0.373. The topological polar surface area (TPSA) is 58.2 Å². The monoisotopic (exact) mass is 294 g/mol. The van der Waals surface area contributed by atoms with Crippen LogP contribution in [0.15, 0.2) is 48.5 Å². The van der Waals surface area contributed by atoms with E-state index in [1.54, 1.807) is 12.1 Å². The van der Waals surface area contributed by atoms with Gasteiger partial charge in [-0.15, -0.1) is 0 Å². The number of ketones is 1. The molecule has 2 N–H and O–H groups in total. The van der Waals surface area contributed by atoms with Crippen LogP contribution in [0.2, 0.25) is 0 Å². The van der Waals surface area contributed by atoms with Gasteiger partial charge in [0.25, 0.3) is 0 Å². The molecule has 0 spiro atoms. The van der Waals surface area contributed by atoms with E-state index in [-0.39, 0.29) is 24.3 Å². The summed E-state index contributed by atoms with van der Waals surface area (Å²) in [6.45, 7) is 2.67. The van der Waals surface area contributed by atoms with E-state index >= 15 is 0 Å². The molecular weight excluding hydrogens is 276 g/mol. The third-order valence-electron chi connectivity index (χ3n) is 3.92. The molecule has 1 unspecified atom stereocenters. The van der Waals surface area contributed by atoms with Crippen LogP contribution in [0.4, 0.5) is 0 Å². The van der Waals surface area contributed by atoms with Crippen LogP contribution in [0, 0.1) is 6.92 Å². The Morgan fingerprint density at radius 3 is 2.64 bits per heavy atom. The van der Waals surface area contributed by atoms with Gasteiger partial charge in [0, 0.05) is 12.1 Å². The third-order valence-corrected chi connectivity index (χ3v) is 3.92. The molecule has 0 saturated heterocycles. The summed E-state index contributed by atoms with van der Waals surface area (Å²) in [5.74, 6) is -0.245. The molecule has 22 heavy (non-hydrogen) atoms. The third kappa shape index (κ3) is 2.92. The molecular formula is C18H18N2O2. The van der Waals surface area contributed by atoms with E-state index in [9.17, 15) is 9.59 Å². The zero-order chi connectivity index (χ0) is 15.5. The first-order chi connectivity index (χ1) is 10.6. The van der Waals surface area contributed by atoms with Crippen LogP contribution in [-0.2, 0) is 11.3 Å². The molecule has 1 aliphatic heterocycles. The summed E-state index contributed by atoms with van der Waals surface area (Å²) in [6.07, 6.45) is 0. The molecule has 0 saturated carbocycles. The fourth-order valence-electron chi connectivity index (χ4n) is 2.64. The Morgan fingerprint density at radius 2 is 1.86 bits per heavy atom. The highest BCUT2D eigenvalue weighted by molar-refractivity contribution is 6.00. The van der Waals surface area contributed by atoms with Crippen molar-refractivity contribution in [2.45, 2.75) is 19.5 Å². The predicted molar refractivity (Wildman–Crippen MR) is 84.5 cm³/mol. The van der Waals surface area contributed by atoms with Crippen LogP contribution in [0.1, 0.15) is 33.1 Å². The summed E-state index contributed by atoms with van der Waals surface area (Å²) >= 11 is 0. The second kappa shape index (κ2) is 6.12. The van der Waals surface area contributed by atoms with Crippen molar-refractivity contribution < 1.29 is 9.59 Å². The first kappa shape index (κ1) is 14.5. The van der Waals surface area contributed by atoms with E-state index in [2.05, 4.69) is 10.6 Å². The number of Topliss-reactive ketones (excluding diaryl/α,β-unsaturated/α-hetero) is 1. The fraction of sp³-hybridized carbons (Fsp3) is 0.222. The molecule has 0 bridgehead atoms. The number of hydrogen-bond acceptors (Lipinski definition) is 3. The van der Waals surface area contributed by atoms with Crippen molar-refractivity contribution in [3.8, 4) is 0 Å². The minimum Gasteiger partial charge on any atom is -0.347 e. The molecule has 1 atom stereocenters. The second-order valence-electron chi connectivity index (χ2n) is 5.52. The fourth-order valence-corrected chi connectivity index (χ4v) is 2.64. The molecule has 0 radical (unpaired) electrons. The Kier molecular flexibility index (Phi) is 4.02. The molecule has 112 valence electrons. The van der Waals surface area contributed by atoms with E-state index in [4.69, 9.17) is 0 Å². The van der Waals surface area contributed by atoms with Crippen LogP contribution in [0.25, 0.3) is 0 Å². The Hall–Kier alpha value is -2.46. The molecule has 2 aromatic carbocycles. The van der Waals surface area contributed by atoms with Gasteiger partial charge in [-0.2, -0.15) is 0 Å². The molecule has 2 aromatic rings. The maximum atomic E-state index is 12.3. The van der Waals surface area contributed by atoms with Crippen molar-refractivity contribution in [2.24, 2.45) is 0 Å². The molecule has 1 amide bonds. The van der Waals surface area contributed by atoms with E-state index < -0.39 is 0 Å². The maximum absolute atomic E-state index is 12.3. The first-order valence-corrected chi connectivity index (χ1v) is 7.34. The van der Waals surface area contributed by atoms with Gasteiger partial charge in [-0.3, -0.25) is 14.9 Å². The quantitative estimate of drug-likeness (QED) is 0.849. The standard InChI is InChI=1S/C18H18N2O2/c1-12-6-8-13(9-7-12)16(21)11-20-18(22)17-15-5-3-2-4-14(15)10-19-17/h2-9,17,19H,10-11H2,1H3,(H,20,22). The summed E-state index contributed by atoms with van der Waals surface area (Å²) in [5, 5.41) is 5.90. The lowest BCUT2D eigenvalue weighted by Gasteiger charge is -2.12. The number of amides is 1. The summed E-state index contributed by atoms with van der Waals surface area (Å²) in [4.78, 5) is 24.4. The Balaban J connectivity index is 1.61. The number of carbonyl (C=O) groups is 2. The Labute approximate surface area is 129 Å². The van der Waals surface area contributed by atoms with Gasteiger partial charge in [-0.05, 0) is 18.1 Å². The van der Waals surface area contributed by atoms with Crippen molar-refractivity contribution in [1.82, 2.24) is 10.6 Å². The number of hydrogen-bond donors (Lipinski definition) is 2. The maximum Gasteiger partial charge on any atom is 0.242 e. The predicted octanol–water partition coefficient (Wildman–Crippen LogP) is 2.14. The summed E-state index contributed by atoms with van der Waals surface area (Å²) in [7, 11) is 0. The molecule has 0 fully saturated rings. The minimum absolute atomic E-state index is 0.0161. The highest BCUT2D eigenvalue weighted by Gasteiger charge is 2.27. The highest BCUT2D eigenvalue weighted by atomic mass is 16.2. The number of benzene rings is 2. The molecule has 4 heteroatoms. The van der Waals surface area contributed by atoms with Gasteiger partial charge < -0.3 is 5.32 Å². The average Bonchev–Trinajstić information content (AvgIpc) is 2.97. The summed E-state index contributed by atoms with van der Waals surface area (Å²) in [5.41, 5.74) is 3.84. The number of nitrogens with one attached hydrogen (secondary N) is 2. The molecule has 0 aromatic heterocycles. The lowest BCUT2D eigenvalue weighted by molar-refractivity contribution is -0.122. The molecule has 4 nitrogen and oxygen atoms in total. The smallest absolute Gasteiger partial charge is 0.242 e. The number of fused-ring (bicyclic) bond motifs is 1. The van der Waals surface area contributed by atoms with E-state index in [0.29, 0.717) is 12.1 Å². The molecule has 3 rings (SSSR count). The van der Waals surface area contributed by atoms with Crippen molar-refractivity contribution in [1.29, 1.82) is 0 Å². The SMILES string of the molecule is Cc1ccc(C(=O)CNC(=O)C2NCc3ccccc32)cc1. The van der Waals surface area contributed by atoms with Gasteiger partial charge in [0.1, 0.15) is 6.04 Å². The summed E-state index contributed by atoms with van der Waals surface area (Å²) in [6, 6.07) is 14.8. The molecule has 0 aliphatic carbocycles. The van der Waals surface area contributed by atoms with Crippen molar-refractivity contribution in [2.75, 3.05) is 6.54 Å². The van der Waals surface area contributed by atoms with Crippen LogP contribution in [0.3, 0.4) is 0 Å². The van der Waals surface area contributed by atoms with Gasteiger partial charge in [-0.1, -0.05) is 54.1 Å². The van der Waals surface area contributed by atoms with Crippen LogP contribution < -0.4 is 10.6 Å². The lowest BCUT2D eigenvalue weighted by atomic mass is 10.0. The summed E-state index contributed by atoms with van der Waals surface area (Å²) < 4.78 is 0. The van der Waals surface area contributed by atoms with Crippen LogP contribution in [-0.4, -0.2) is 18.2 Å². The number of rotatable bonds is 4. The average molecular weight is 294 g/mol. The van der Waals surface area contributed by atoms with E-state index in [1.807, 2.05) is 43.3 Å². The number of carbonyl (C=O) groups excluding carboxylic acids is 2. The van der Waals surface area contributed by atoms with Crippen LogP contribution >= 0.6 is 0 Å². The van der Waals surface area contributed by atoms with Gasteiger partial charge in [0.05, 0.1) is 6.54 Å². The lowest BCUT2D eigenvalue weighted by Crippen LogP contribution is -2.37. The van der Waals surface area contributed by atoms with Gasteiger partial charge in [0.2, 0.25) is 5.91 Å². The van der Waals surface area contributed by atoms with Gasteiger partial charge >= 0.3 is 0 Å². The molecule has 1 heterocycles. The van der Waals surface area contributed by atoms with Gasteiger partial charge in [0.15, 0.2) is 5.78 Å². The van der Waals surface area contributed by atoms with Crippen molar-refractivity contribution >= 4 is 11.7 Å². The largest absolute Gasteiger partial charge is 0.347 e. The highest BCUT2D eigenvalue weighted by Crippen LogP contribution is 2.24. The zero-order valence-corrected chi connectivity index (χ0v) is 12.4. The second-order valence-corrected chi connectivity index (χ2v) is 5.52. The first-order valence-electron chi connectivity index (χ1n) is 7.34. The molecule has 1 aliphatic rings. The van der Waals surface area contributed by atoms with E-state index in [0.717, 1.165) is 16.7 Å². The van der Waals surface area contributed by atoms with Crippen LogP contribution in [0.5, 0.6) is 0 Å². The van der Waals surface area contributed by atoms with Crippen molar-refractivity contribution in [3.05, 3.63) is 70.8 Å². The Morgan fingerprint density at radius 1 is 1.14 bits per heavy atom.